The van der Waals surface area contributed by atoms with Crippen LogP contribution in [0.3, 0.4) is 0 Å². The first kappa shape index (κ1) is 39.2. The molecule has 1 saturated carbocycles. The fourth-order valence-electron chi connectivity index (χ4n) is 7.62. The molecule has 2 heterocycles. The number of amides is 1. The summed E-state index contributed by atoms with van der Waals surface area (Å²) in [5.74, 6) is -4.47. The molecule has 3 unspecified atom stereocenters. The zero-order chi connectivity index (χ0) is 37.6. The van der Waals surface area contributed by atoms with Gasteiger partial charge in [-0.05, 0) is 93.2 Å². The highest BCUT2D eigenvalue weighted by atomic mass is 19.4. The van der Waals surface area contributed by atoms with Gasteiger partial charge in [-0.2, -0.15) is 13.2 Å². The number of alkyl halides is 5. The number of aliphatic hydroxyl groups excluding tert-OH is 1. The lowest BCUT2D eigenvalue weighted by atomic mass is 9.76. The number of benzene rings is 1. The molecule has 2 fully saturated rings. The van der Waals surface area contributed by atoms with E-state index in [2.05, 4.69) is 19.6 Å². The smallest absolute Gasteiger partial charge is 0.412 e. The number of methoxy groups -OCH3 is 1. The SMILES string of the molecule is C=CCC(F)(F)C1=CC([C@H]2COC(=O)N(Cc3nc(/C=C/CCCCC)ccc3-c3cc(C4CCC(O)C4)ccc3OC)[C@H]2C)CC(C(F)(F)F)=C1. The zero-order valence-corrected chi connectivity index (χ0v) is 30.1. The quantitative estimate of drug-likeness (QED) is 0.119. The first-order valence-electron chi connectivity index (χ1n) is 18.2. The van der Waals surface area contributed by atoms with Crippen LogP contribution in [0.25, 0.3) is 17.2 Å². The Balaban J connectivity index is 1.52. The molecule has 1 aromatic carbocycles. The van der Waals surface area contributed by atoms with Gasteiger partial charge in [0.05, 0.1) is 37.8 Å². The molecule has 0 spiro atoms. The van der Waals surface area contributed by atoms with Crippen molar-refractivity contribution in [2.24, 2.45) is 11.8 Å². The summed E-state index contributed by atoms with van der Waals surface area (Å²) in [7, 11) is 1.57. The van der Waals surface area contributed by atoms with Gasteiger partial charge in [0, 0.05) is 40.7 Å². The third-order valence-electron chi connectivity index (χ3n) is 10.6. The highest BCUT2D eigenvalue weighted by Crippen LogP contribution is 2.45. The Labute approximate surface area is 303 Å². The molecular formula is C41H49F5N2O4. The Bertz CT molecular complexity index is 1680. The second kappa shape index (κ2) is 16.8. The number of aliphatic hydroxyl groups is 1. The topological polar surface area (TPSA) is 71.9 Å². The number of allylic oxidation sites excluding steroid dienone is 6. The number of hydrogen-bond donors (Lipinski definition) is 1. The van der Waals surface area contributed by atoms with Gasteiger partial charge in [0.25, 0.3) is 5.92 Å². The molecule has 1 saturated heterocycles. The fourth-order valence-corrected chi connectivity index (χ4v) is 7.62. The van der Waals surface area contributed by atoms with E-state index in [0.29, 0.717) is 35.2 Å². The molecule has 1 aromatic heterocycles. The number of halogens is 5. The Hall–Kier alpha value is -3.99. The van der Waals surface area contributed by atoms with Crippen molar-refractivity contribution < 1.29 is 41.3 Å². The Morgan fingerprint density at radius 3 is 2.58 bits per heavy atom. The first-order chi connectivity index (χ1) is 24.7. The minimum absolute atomic E-state index is 0.0449. The van der Waals surface area contributed by atoms with Crippen LogP contribution in [0.1, 0.15) is 94.5 Å². The Kier molecular flexibility index (Phi) is 12.7. The van der Waals surface area contributed by atoms with Crippen molar-refractivity contribution in [3.05, 3.63) is 89.3 Å². The number of aromatic nitrogens is 1. The number of ether oxygens (including phenoxy) is 2. The third kappa shape index (κ3) is 9.14. The molecule has 2 aliphatic carbocycles. The molecule has 2 aromatic rings. The van der Waals surface area contributed by atoms with E-state index in [9.17, 15) is 23.1 Å². The van der Waals surface area contributed by atoms with Crippen molar-refractivity contribution in [2.75, 3.05) is 13.7 Å². The summed E-state index contributed by atoms with van der Waals surface area (Å²) in [4.78, 5) is 19.8. The number of rotatable bonds is 14. The molecule has 5 rings (SSSR count). The summed E-state index contributed by atoms with van der Waals surface area (Å²) in [5.41, 5.74) is 1.94. The van der Waals surface area contributed by atoms with Crippen LogP contribution in [0.15, 0.2) is 72.4 Å². The first-order valence-corrected chi connectivity index (χ1v) is 18.2. The summed E-state index contributed by atoms with van der Waals surface area (Å²) < 4.78 is 83.6. The number of hydrogen-bond acceptors (Lipinski definition) is 5. The van der Waals surface area contributed by atoms with Gasteiger partial charge in [-0.3, -0.25) is 9.88 Å². The molecule has 1 amide bonds. The van der Waals surface area contributed by atoms with E-state index in [1.807, 2.05) is 36.4 Å². The number of carbonyl (C=O) groups excluding carboxylic acids is 1. The van der Waals surface area contributed by atoms with E-state index in [1.54, 1.807) is 14.0 Å². The lowest BCUT2D eigenvalue weighted by Gasteiger charge is -2.42. The van der Waals surface area contributed by atoms with Gasteiger partial charge in [-0.1, -0.05) is 50.1 Å². The average Bonchev–Trinajstić information content (AvgIpc) is 3.55. The van der Waals surface area contributed by atoms with Crippen LogP contribution >= 0.6 is 0 Å². The molecule has 52 heavy (non-hydrogen) atoms. The van der Waals surface area contributed by atoms with E-state index >= 15 is 8.78 Å². The van der Waals surface area contributed by atoms with Crippen molar-refractivity contribution in [1.82, 2.24) is 9.88 Å². The Morgan fingerprint density at radius 2 is 1.90 bits per heavy atom. The van der Waals surface area contributed by atoms with Crippen molar-refractivity contribution in [3.63, 3.8) is 0 Å². The highest BCUT2D eigenvalue weighted by molar-refractivity contribution is 5.75. The zero-order valence-electron chi connectivity index (χ0n) is 30.1. The maximum Gasteiger partial charge on any atom is 0.412 e. The van der Waals surface area contributed by atoms with Crippen molar-refractivity contribution in [1.29, 1.82) is 0 Å². The maximum absolute atomic E-state index is 15.1. The predicted molar refractivity (Wildman–Crippen MR) is 192 cm³/mol. The standard InChI is InChI=1S/C41H49F5N2O4/c1-5-7-8-9-10-11-32-14-16-34(35-22-28(13-17-38(35)51-4)27-12-15-33(49)21-27)37(47-32)24-48-26(3)36(25-52-39(48)50)29-19-30(40(42,43)18-6-2)23-31(20-29)41(44,45)46/h6,10-11,13-14,16-17,19,22-23,26-27,29,33,36,49H,2,5,7-9,12,15,18,20-21,24-25H2,1,3-4H3/b11-10+/t26-,27?,29?,33?,36-/m0/s1. The molecule has 3 aliphatic rings. The number of pyridine rings is 1. The van der Waals surface area contributed by atoms with Crippen LogP contribution in [0.2, 0.25) is 0 Å². The normalized spacial score (nSPS) is 24.1. The van der Waals surface area contributed by atoms with Crippen LogP contribution in [0, 0.1) is 11.8 Å². The van der Waals surface area contributed by atoms with Gasteiger partial charge in [0.1, 0.15) is 5.75 Å². The molecule has 5 atom stereocenters. The largest absolute Gasteiger partial charge is 0.496 e. The molecule has 282 valence electrons. The number of cyclic esters (lactones) is 1. The molecule has 1 aliphatic heterocycles. The van der Waals surface area contributed by atoms with Gasteiger partial charge < -0.3 is 14.6 Å². The molecule has 1 N–H and O–H groups in total. The van der Waals surface area contributed by atoms with Crippen molar-refractivity contribution >= 4 is 12.2 Å². The summed E-state index contributed by atoms with van der Waals surface area (Å²) in [5, 5.41) is 10.2. The third-order valence-corrected chi connectivity index (χ3v) is 10.6. The summed E-state index contributed by atoms with van der Waals surface area (Å²) in [6.07, 6.45) is 5.92. The average molecular weight is 729 g/mol. The summed E-state index contributed by atoms with van der Waals surface area (Å²) in [6.45, 7) is 6.94. The van der Waals surface area contributed by atoms with Crippen LogP contribution in [-0.4, -0.2) is 59.0 Å². The van der Waals surface area contributed by atoms with Gasteiger partial charge in [0.2, 0.25) is 0 Å². The van der Waals surface area contributed by atoms with E-state index in [1.165, 1.54) is 11.0 Å². The summed E-state index contributed by atoms with van der Waals surface area (Å²) >= 11 is 0. The van der Waals surface area contributed by atoms with E-state index in [0.717, 1.165) is 55.7 Å². The van der Waals surface area contributed by atoms with Gasteiger partial charge in [-0.25, -0.2) is 13.6 Å². The van der Waals surface area contributed by atoms with Crippen molar-refractivity contribution in [3.8, 4) is 16.9 Å². The molecule has 11 heteroatoms. The lowest BCUT2D eigenvalue weighted by Crippen LogP contribution is -2.51. The number of carbonyl (C=O) groups is 1. The number of nitrogens with zero attached hydrogens (tertiary/aromatic N) is 2. The second-order valence-corrected chi connectivity index (χ2v) is 14.2. The van der Waals surface area contributed by atoms with Crippen LogP contribution < -0.4 is 4.74 Å². The minimum atomic E-state index is -4.80. The van der Waals surface area contributed by atoms with Crippen molar-refractivity contribution in [2.45, 2.75) is 108 Å². The summed E-state index contributed by atoms with van der Waals surface area (Å²) in [6, 6.07) is 9.05. The van der Waals surface area contributed by atoms with Crippen LogP contribution in [0.5, 0.6) is 5.75 Å². The van der Waals surface area contributed by atoms with Gasteiger partial charge in [-0.15, -0.1) is 6.58 Å². The molecular weight excluding hydrogens is 679 g/mol. The van der Waals surface area contributed by atoms with Crippen LogP contribution in [-0.2, 0) is 11.3 Å². The maximum atomic E-state index is 15.1. The lowest BCUT2D eigenvalue weighted by molar-refractivity contribution is -0.0975. The minimum Gasteiger partial charge on any atom is -0.496 e. The Morgan fingerprint density at radius 1 is 1.12 bits per heavy atom. The van der Waals surface area contributed by atoms with Gasteiger partial charge in [0.15, 0.2) is 0 Å². The van der Waals surface area contributed by atoms with E-state index in [-0.39, 0.29) is 25.2 Å². The van der Waals surface area contributed by atoms with Gasteiger partial charge >= 0.3 is 12.3 Å². The van der Waals surface area contributed by atoms with E-state index < -0.39 is 60.1 Å². The predicted octanol–water partition coefficient (Wildman–Crippen LogP) is 10.6. The van der Waals surface area contributed by atoms with Crippen LogP contribution in [0.4, 0.5) is 26.7 Å². The fraction of sp³-hybridized carbons (Fsp3) is 0.512. The number of unbranched alkanes of at least 4 members (excludes halogenated alkanes) is 3. The molecule has 0 radical (unpaired) electrons. The monoisotopic (exact) mass is 728 g/mol. The second-order valence-electron chi connectivity index (χ2n) is 14.2. The van der Waals surface area contributed by atoms with E-state index in [4.69, 9.17) is 14.5 Å². The highest BCUT2D eigenvalue weighted by Gasteiger charge is 2.46. The molecule has 0 bridgehead atoms. The molecule has 6 nitrogen and oxygen atoms in total.